The molecule has 1 aromatic carbocycles. The quantitative estimate of drug-likeness (QED) is 0.322. The van der Waals surface area contributed by atoms with Crippen molar-refractivity contribution < 1.29 is 22.4 Å². The molecule has 0 aliphatic carbocycles. The lowest BCUT2D eigenvalue weighted by molar-refractivity contribution is -0.181. The second kappa shape index (κ2) is 10.4. The van der Waals surface area contributed by atoms with Gasteiger partial charge in [-0.2, -0.15) is 13.2 Å². The van der Waals surface area contributed by atoms with Gasteiger partial charge in [0.05, 0.1) is 12.1 Å². The first-order chi connectivity index (χ1) is 13.7. The minimum Gasteiger partial charge on any atom is -0.357 e. The van der Waals surface area contributed by atoms with Crippen LogP contribution < -0.4 is 10.6 Å². The largest absolute Gasteiger partial charge is 0.403 e. The van der Waals surface area contributed by atoms with Crippen LogP contribution in [0.1, 0.15) is 24.2 Å². The Labute approximate surface area is 168 Å². The maximum atomic E-state index is 13.6. The first-order valence-corrected chi connectivity index (χ1v) is 9.60. The number of halogens is 4. The lowest BCUT2D eigenvalue weighted by atomic mass is 10.2. The fourth-order valence-electron chi connectivity index (χ4n) is 3.03. The minimum atomic E-state index is -4.24. The fraction of sp³-hybridized carbons (Fsp3) is 0.579. The Balaban J connectivity index is 1.85. The summed E-state index contributed by atoms with van der Waals surface area (Å²) in [5.41, 5.74) is -0.0294. The van der Waals surface area contributed by atoms with E-state index < -0.39 is 23.9 Å². The molecule has 1 unspecified atom stereocenters. The predicted octanol–water partition coefficient (Wildman–Crippen LogP) is 2.09. The number of carbonyl (C=O) groups is 1. The second-order valence-corrected chi connectivity index (χ2v) is 6.71. The van der Waals surface area contributed by atoms with Crippen LogP contribution in [0.25, 0.3) is 0 Å². The number of nitrogens with zero attached hydrogens (tertiary/aromatic N) is 3. The van der Waals surface area contributed by atoms with Crippen LogP contribution in [0.3, 0.4) is 0 Å². The molecule has 1 amide bonds. The number of hydrogen-bond donors (Lipinski definition) is 2. The summed E-state index contributed by atoms with van der Waals surface area (Å²) in [4.78, 5) is 19.7. The predicted molar refractivity (Wildman–Crippen MR) is 103 cm³/mol. The Morgan fingerprint density at radius 2 is 1.83 bits per heavy atom. The Hall–Kier alpha value is -2.36. The van der Waals surface area contributed by atoms with Gasteiger partial charge >= 0.3 is 6.18 Å². The van der Waals surface area contributed by atoms with Gasteiger partial charge < -0.3 is 15.5 Å². The van der Waals surface area contributed by atoms with Gasteiger partial charge in [0.1, 0.15) is 11.9 Å². The average Bonchev–Trinajstić information content (AvgIpc) is 2.69. The zero-order valence-electron chi connectivity index (χ0n) is 16.6. The van der Waals surface area contributed by atoms with E-state index in [-0.39, 0.29) is 31.7 Å². The Morgan fingerprint density at radius 3 is 2.41 bits per heavy atom. The molecule has 10 heteroatoms. The first-order valence-electron chi connectivity index (χ1n) is 9.60. The van der Waals surface area contributed by atoms with Crippen LogP contribution in [-0.2, 0) is 0 Å². The topological polar surface area (TPSA) is 60.0 Å². The first kappa shape index (κ1) is 22.9. The normalized spacial score (nSPS) is 17.2. The molecular formula is C19H27F4N5O. The van der Waals surface area contributed by atoms with Crippen LogP contribution in [0.5, 0.6) is 0 Å². The molecule has 1 heterocycles. The van der Waals surface area contributed by atoms with E-state index in [1.54, 1.807) is 6.07 Å². The van der Waals surface area contributed by atoms with Crippen molar-refractivity contribution in [3.63, 3.8) is 0 Å². The number of rotatable bonds is 6. The maximum Gasteiger partial charge on any atom is 0.403 e. The van der Waals surface area contributed by atoms with Gasteiger partial charge in [-0.15, -0.1) is 0 Å². The SMILES string of the molecule is CCNC(=NCCNC(=O)c1ccccc1F)N1CCN(C(C)C(F)(F)F)CC1. The van der Waals surface area contributed by atoms with Crippen molar-refractivity contribution in [3.05, 3.63) is 35.6 Å². The molecule has 1 saturated heterocycles. The third-order valence-electron chi connectivity index (χ3n) is 4.75. The van der Waals surface area contributed by atoms with Crippen molar-refractivity contribution in [2.24, 2.45) is 4.99 Å². The zero-order valence-corrected chi connectivity index (χ0v) is 16.6. The number of alkyl halides is 3. The number of piperazine rings is 1. The van der Waals surface area contributed by atoms with Crippen LogP contribution in [0.15, 0.2) is 29.3 Å². The smallest absolute Gasteiger partial charge is 0.357 e. The Morgan fingerprint density at radius 1 is 1.17 bits per heavy atom. The molecule has 6 nitrogen and oxygen atoms in total. The van der Waals surface area contributed by atoms with Crippen LogP contribution in [0.4, 0.5) is 17.6 Å². The molecule has 29 heavy (non-hydrogen) atoms. The summed E-state index contributed by atoms with van der Waals surface area (Å²) < 4.78 is 52.2. The van der Waals surface area contributed by atoms with Crippen LogP contribution >= 0.6 is 0 Å². The van der Waals surface area contributed by atoms with Gasteiger partial charge in [-0.05, 0) is 26.0 Å². The van der Waals surface area contributed by atoms with Gasteiger partial charge in [0, 0.05) is 39.3 Å². The molecule has 2 N–H and O–H groups in total. The molecule has 1 fully saturated rings. The number of carbonyl (C=O) groups excluding carboxylic acids is 1. The van der Waals surface area contributed by atoms with E-state index in [4.69, 9.17) is 0 Å². The van der Waals surface area contributed by atoms with E-state index in [9.17, 15) is 22.4 Å². The molecule has 2 rings (SSSR count). The van der Waals surface area contributed by atoms with E-state index in [1.807, 2.05) is 11.8 Å². The van der Waals surface area contributed by atoms with E-state index in [0.717, 1.165) is 0 Å². The summed E-state index contributed by atoms with van der Waals surface area (Å²) in [6.07, 6.45) is -4.24. The van der Waals surface area contributed by atoms with Gasteiger partial charge in [-0.25, -0.2) is 4.39 Å². The number of hydrogen-bond acceptors (Lipinski definition) is 3. The summed E-state index contributed by atoms with van der Waals surface area (Å²) in [6, 6.07) is 4.24. The van der Waals surface area contributed by atoms with Gasteiger partial charge in [0.25, 0.3) is 5.91 Å². The van der Waals surface area contributed by atoms with Crippen molar-refractivity contribution in [1.29, 1.82) is 0 Å². The number of aliphatic imine (C=N–C) groups is 1. The van der Waals surface area contributed by atoms with Gasteiger partial charge in [0.2, 0.25) is 0 Å². The summed E-state index contributed by atoms with van der Waals surface area (Å²) in [7, 11) is 0. The minimum absolute atomic E-state index is 0.0294. The van der Waals surface area contributed by atoms with E-state index in [0.29, 0.717) is 25.6 Å². The molecule has 162 valence electrons. The molecule has 0 aromatic heterocycles. The lowest BCUT2D eigenvalue weighted by Crippen LogP contribution is -2.56. The van der Waals surface area contributed by atoms with Crippen molar-refractivity contribution in [3.8, 4) is 0 Å². The molecule has 1 atom stereocenters. The number of nitrogens with one attached hydrogen (secondary N) is 2. The van der Waals surface area contributed by atoms with Gasteiger partial charge in [-0.3, -0.25) is 14.7 Å². The summed E-state index contributed by atoms with van der Waals surface area (Å²) in [5.74, 6) is -0.516. The number of guanidine groups is 1. The lowest BCUT2D eigenvalue weighted by Gasteiger charge is -2.39. The van der Waals surface area contributed by atoms with E-state index >= 15 is 0 Å². The third kappa shape index (κ3) is 6.59. The molecule has 1 aliphatic heterocycles. The highest BCUT2D eigenvalue weighted by Crippen LogP contribution is 2.25. The summed E-state index contributed by atoms with van der Waals surface area (Å²) in [6.45, 7) is 5.59. The summed E-state index contributed by atoms with van der Waals surface area (Å²) >= 11 is 0. The van der Waals surface area contributed by atoms with Crippen molar-refractivity contribution >= 4 is 11.9 Å². The molecular weight excluding hydrogens is 390 g/mol. The third-order valence-corrected chi connectivity index (χ3v) is 4.75. The number of benzene rings is 1. The zero-order chi connectivity index (χ0) is 21.4. The highest BCUT2D eigenvalue weighted by atomic mass is 19.4. The molecule has 0 bridgehead atoms. The summed E-state index contributed by atoms with van der Waals surface area (Å²) in [5, 5.41) is 5.73. The highest BCUT2D eigenvalue weighted by Gasteiger charge is 2.41. The van der Waals surface area contributed by atoms with Gasteiger partial charge in [-0.1, -0.05) is 12.1 Å². The maximum absolute atomic E-state index is 13.6. The Bertz CT molecular complexity index is 702. The Kier molecular flexibility index (Phi) is 8.24. The van der Waals surface area contributed by atoms with Crippen LogP contribution in [0, 0.1) is 5.82 Å². The molecule has 0 saturated carbocycles. The van der Waals surface area contributed by atoms with Crippen molar-refractivity contribution in [2.45, 2.75) is 26.1 Å². The number of amides is 1. The highest BCUT2D eigenvalue weighted by molar-refractivity contribution is 5.94. The monoisotopic (exact) mass is 417 g/mol. The average molecular weight is 417 g/mol. The van der Waals surface area contributed by atoms with Crippen molar-refractivity contribution in [1.82, 2.24) is 20.4 Å². The molecule has 0 spiro atoms. The molecule has 1 aliphatic rings. The van der Waals surface area contributed by atoms with Crippen LogP contribution in [-0.4, -0.2) is 79.7 Å². The van der Waals surface area contributed by atoms with Gasteiger partial charge in [0.15, 0.2) is 5.96 Å². The van der Waals surface area contributed by atoms with E-state index in [1.165, 1.54) is 30.0 Å². The molecule has 1 aromatic rings. The van der Waals surface area contributed by atoms with E-state index in [2.05, 4.69) is 15.6 Å². The molecule has 0 radical (unpaired) electrons. The van der Waals surface area contributed by atoms with Crippen LogP contribution in [0.2, 0.25) is 0 Å². The fourth-order valence-corrected chi connectivity index (χ4v) is 3.03. The second-order valence-electron chi connectivity index (χ2n) is 6.71. The standard InChI is InChI=1S/C19H27F4N5O/c1-3-24-18(28-12-10-27(11-13-28)14(2)19(21,22)23)26-9-8-25-17(29)15-6-4-5-7-16(15)20/h4-7,14H,3,8-13H2,1-2H3,(H,24,26)(H,25,29). The van der Waals surface area contributed by atoms with Crippen molar-refractivity contribution in [2.75, 3.05) is 45.8 Å².